The Morgan fingerprint density at radius 3 is 2.38 bits per heavy atom. The molecule has 0 aliphatic carbocycles. The Labute approximate surface area is 72.6 Å². The first-order valence-corrected chi connectivity index (χ1v) is 3.40. The van der Waals surface area contributed by atoms with Crippen molar-refractivity contribution >= 4 is 0 Å². The van der Waals surface area contributed by atoms with Gasteiger partial charge in [0.25, 0.3) is 6.43 Å². The summed E-state index contributed by atoms with van der Waals surface area (Å²) in [5.41, 5.74) is -0.573. The number of halogens is 3. The maximum Gasteiger partial charge on any atom is 0.264 e. The monoisotopic (exact) mass is 192 g/mol. The number of hydrogen-bond donors (Lipinski definition) is 1. The SMILES string of the molecule is COc1c(O)cc(C(F)F)cc1F. The number of hydrogen-bond acceptors (Lipinski definition) is 2. The molecule has 0 unspecified atom stereocenters. The van der Waals surface area contributed by atoms with Gasteiger partial charge in [0, 0.05) is 5.56 Å². The predicted octanol–water partition coefficient (Wildman–Crippen LogP) is 2.48. The van der Waals surface area contributed by atoms with Crippen LogP contribution in [0.3, 0.4) is 0 Å². The Bertz CT molecular complexity index is 289. The number of methoxy groups -OCH3 is 1. The van der Waals surface area contributed by atoms with Crippen molar-refractivity contribution in [3.8, 4) is 11.5 Å². The summed E-state index contributed by atoms with van der Waals surface area (Å²) >= 11 is 0. The standard InChI is InChI=1S/C8H7F3O2/c1-13-7-5(9)2-4(8(10)11)3-6(7)12/h2-3,8,12H,1H3. The first-order valence-electron chi connectivity index (χ1n) is 3.40. The Morgan fingerprint density at radius 2 is 2.00 bits per heavy atom. The minimum Gasteiger partial charge on any atom is -0.504 e. The molecule has 5 heteroatoms. The number of ether oxygens (including phenoxy) is 1. The molecule has 2 nitrogen and oxygen atoms in total. The molecule has 1 rings (SSSR count). The van der Waals surface area contributed by atoms with Gasteiger partial charge in [-0.1, -0.05) is 0 Å². The lowest BCUT2D eigenvalue weighted by atomic mass is 10.2. The third-order valence-corrected chi connectivity index (χ3v) is 1.50. The lowest BCUT2D eigenvalue weighted by molar-refractivity contribution is 0.150. The van der Waals surface area contributed by atoms with E-state index in [0.29, 0.717) is 6.07 Å². The van der Waals surface area contributed by atoms with Gasteiger partial charge < -0.3 is 9.84 Å². The maximum absolute atomic E-state index is 12.9. The summed E-state index contributed by atoms with van der Waals surface area (Å²) < 4.78 is 41.4. The first kappa shape index (κ1) is 9.70. The molecule has 0 aromatic heterocycles. The lowest BCUT2D eigenvalue weighted by Crippen LogP contribution is -1.92. The average molecular weight is 192 g/mol. The van der Waals surface area contributed by atoms with Crippen molar-refractivity contribution in [1.29, 1.82) is 0 Å². The van der Waals surface area contributed by atoms with E-state index in [2.05, 4.69) is 4.74 Å². The van der Waals surface area contributed by atoms with Gasteiger partial charge >= 0.3 is 0 Å². The van der Waals surface area contributed by atoms with Crippen molar-refractivity contribution in [2.24, 2.45) is 0 Å². The van der Waals surface area contributed by atoms with E-state index in [0.717, 1.165) is 13.2 Å². The second-order valence-corrected chi connectivity index (χ2v) is 2.36. The van der Waals surface area contributed by atoms with Crippen molar-refractivity contribution in [3.63, 3.8) is 0 Å². The zero-order chi connectivity index (χ0) is 10.0. The number of alkyl halides is 2. The van der Waals surface area contributed by atoms with Gasteiger partial charge in [-0.25, -0.2) is 13.2 Å². The van der Waals surface area contributed by atoms with E-state index in [9.17, 15) is 13.2 Å². The maximum atomic E-state index is 12.9. The van der Waals surface area contributed by atoms with Crippen LogP contribution in [0.4, 0.5) is 13.2 Å². The molecule has 72 valence electrons. The largest absolute Gasteiger partial charge is 0.504 e. The lowest BCUT2D eigenvalue weighted by Gasteiger charge is -2.06. The Morgan fingerprint density at radius 1 is 1.38 bits per heavy atom. The van der Waals surface area contributed by atoms with Crippen molar-refractivity contribution in [3.05, 3.63) is 23.5 Å². The van der Waals surface area contributed by atoms with E-state index in [1.807, 2.05) is 0 Å². The van der Waals surface area contributed by atoms with Crippen LogP contribution in [0.1, 0.15) is 12.0 Å². The molecule has 0 heterocycles. The number of rotatable bonds is 2. The molecule has 1 N–H and O–H groups in total. The van der Waals surface area contributed by atoms with E-state index < -0.39 is 29.3 Å². The molecule has 0 amide bonds. The van der Waals surface area contributed by atoms with E-state index in [-0.39, 0.29) is 0 Å². The van der Waals surface area contributed by atoms with Crippen molar-refractivity contribution in [2.75, 3.05) is 7.11 Å². The Kier molecular flexibility index (Phi) is 2.65. The highest BCUT2D eigenvalue weighted by Gasteiger charge is 2.15. The zero-order valence-electron chi connectivity index (χ0n) is 6.72. The Hall–Kier alpha value is -1.39. The second kappa shape index (κ2) is 3.55. The summed E-state index contributed by atoms with van der Waals surface area (Å²) in [6.45, 7) is 0. The summed E-state index contributed by atoms with van der Waals surface area (Å²) in [6.07, 6.45) is -2.81. The second-order valence-electron chi connectivity index (χ2n) is 2.36. The molecule has 1 aromatic rings. The fourth-order valence-electron chi connectivity index (χ4n) is 0.927. The van der Waals surface area contributed by atoms with Gasteiger partial charge in [-0.15, -0.1) is 0 Å². The van der Waals surface area contributed by atoms with Crippen LogP contribution < -0.4 is 4.74 Å². The van der Waals surface area contributed by atoms with Crippen LogP contribution in [-0.4, -0.2) is 12.2 Å². The molecule has 0 radical (unpaired) electrons. The van der Waals surface area contributed by atoms with Crippen LogP contribution in [0.5, 0.6) is 11.5 Å². The predicted molar refractivity (Wildman–Crippen MR) is 39.6 cm³/mol. The molecule has 0 saturated carbocycles. The van der Waals surface area contributed by atoms with Crippen LogP contribution in [0, 0.1) is 5.82 Å². The third kappa shape index (κ3) is 1.85. The molecule has 0 saturated heterocycles. The van der Waals surface area contributed by atoms with E-state index >= 15 is 0 Å². The number of phenols is 1. The van der Waals surface area contributed by atoms with Gasteiger partial charge in [-0.2, -0.15) is 0 Å². The fraction of sp³-hybridized carbons (Fsp3) is 0.250. The Balaban J connectivity index is 3.20. The number of phenolic OH excluding ortho intramolecular Hbond substituents is 1. The summed E-state index contributed by atoms with van der Waals surface area (Å²) in [5, 5.41) is 9.02. The van der Waals surface area contributed by atoms with Crippen LogP contribution in [0.25, 0.3) is 0 Å². The van der Waals surface area contributed by atoms with E-state index in [1.165, 1.54) is 0 Å². The summed E-state index contributed by atoms with van der Waals surface area (Å²) in [7, 11) is 1.14. The van der Waals surface area contributed by atoms with Gasteiger partial charge in [0.1, 0.15) is 0 Å². The number of benzene rings is 1. The van der Waals surface area contributed by atoms with Gasteiger partial charge in [-0.3, -0.25) is 0 Å². The number of aromatic hydroxyl groups is 1. The van der Waals surface area contributed by atoms with Crippen LogP contribution in [0.15, 0.2) is 12.1 Å². The summed E-state index contributed by atoms with van der Waals surface area (Å²) in [4.78, 5) is 0. The molecule has 0 atom stereocenters. The molecule has 0 fully saturated rings. The third-order valence-electron chi connectivity index (χ3n) is 1.50. The molecule has 0 aliphatic heterocycles. The normalized spacial score (nSPS) is 10.5. The quantitative estimate of drug-likeness (QED) is 0.779. The van der Waals surface area contributed by atoms with Crippen LogP contribution >= 0.6 is 0 Å². The first-order chi connectivity index (χ1) is 6.06. The molecular weight excluding hydrogens is 185 g/mol. The smallest absolute Gasteiger partial charge is 0.264 e. The minimum absolute atomic E-state index is 0.426. The van der Waals surface area contributed by atoms with Crippen LogP contribution in [0.2, 0.25) is 0 Å². The fourth-order valence-corrected chi connectivity index (χ4v) is 0.927. The molecule has 0 bridgehead atoms. The minimum atomic E-state index is -2.81. The van der Waals surface area contributed by atoms with Crippen molar-refractivity contribution in [2.45, 2.75) is 6.43 Å². The van der Waals surface area contributed by atoms with Gasteiger partial charge in [0.05, 0.1) is 7.11 Å². The molecular formula is C8H7F3O2. The zero-order valence-corrected chi connectivity index (χ0v) is 6.72. The molecule has 1 aromatic carbocycles. The topological polar surface area (TPSA) is 29.5 Å². The molecule has 0 spiro atoms. The highest BCUT2D eigenvalue weighted by atomic mass is 19.3. The van der Waals surface area contributed by atoms with Gasteiger partial charge in [0.2, 0.25) is 0 Å². The summed E-state index contributed by atoms with van der Waals surface area (Å²) in [6, 6.07) is 1.40. The molecule has 0 aliphatic rings. The van der Waals surface area contributed by atoms with E-state index in [4.69, 9.17) is 5.11 Å². The molecule has 13 heavy (non-hydrogen) atoms. The van der Waals surface area contributed by atoms with Crippen LogP contribution in [-0.2, 0) is 0 Å². The highest BCUT2D eigenvalue weighted by Crippen LogP contribution is 2.33. The van der Waals surface area contributed by atoms with Crippen molar-refractivity contribution < 1.29 is 23.0 Å². The highest BCUT2D eigenvalue weighted by molar-refractivity contribution is 5.43. The summed E-state index contributed by atoms with van der Waals surface area (Å²) in [5.74, 6) is -2.06. The van der Waals surface area contributed by atoms with Crippen molar-refractivity contribution in [1.82, 2.24) is 0 Å². The van der Waals surface area contributed by atoms with Gasteiger partial charge in [-0.05, 0) is 12.1 Å². The van der Waals surface area contributed by atoms with E-state index in [1.54, 1.807) is 0 Å². The van der Waals surface area contributed by atoms with Gasteiger partial charge in [0.15, 0.2) is 17.3 Å². The average Bonchev–Trinajstić information content (AvgIpc) is 2.03.